The monoisotopic (exact) mass is 339 g/mol. The number of para-hydroxylation sites is 2. The third-order valence-electron chi connectivity index (χ3n) is 3.07. The molecule has 0 heterocycles. The van der Waals surface area contributed by atoms with Gasteiger partial charge in [-0.1, -0.05) is 35.9 Å². The smallest absolute Gasteiger partial charge is 0.232 e. The summed E-state index contributed by atoms with van der Waals surface area (Å²) in [6, 6.07) is 14.2. The number of hydrogen-bond acceptors (Lipinski definition) is 3. The largest absolute Gasteiger partial charge is 0.492 e. The summed E-state index contributed by atoms with van der Waals surface area (Å²) in [6.07, 6.45) is 1.19. The minimum atomic E-state index is -3.45. The van der Waals surface area contributed by atoms with E-state index < -0.39 is 10.0 Å². The molecule has 2 aromatic carbocycles. The Bertz CT molecular complexity index is 729. The Morgan fingerprint density at radius 2 is 1.73 bits per heavy atom. The highest BCUT2D eigenvalue weighted by Gasteiger charge is 2.21. The molecule has 4 nitrogen and oxygen atoms in total. The minimum absolute atomic E-state index is 0.222. The zero-order valence-corrected chi connectivity index (χ0v) is 14.1. The molecule has 2 rings (SSSR count). The average Bonchev–Trinajstić information content (AvgIpc) is 2.47. The number of sulfonamides is 1. The van der Waals surface area contributed by atoms with E-state index in [2.05, 4.69) is 0 Å². The number of ether oxygens (including phenoxy) is 1. The van der Waals surface area contributed by atoms with Crippen molar-refractivity contribution in [3.05, 3.63) is 59.1 Å². The summed E-state index contributed by atoms with van der Waals surface area (Å²) < 4.78 is 31.3. The molecule has 22 heavy (non-hydrogen) atoms. The molecule has 0 bridgehead atoms. The van der Waals surface area contributed by atoms with Crippen LogP contribution < -0.4 is 9.04 Å². The Hall–Kier alpha value is -1.72. The summed E-state index contributed by atoms with van der Waals surface area (Å²) >= 11 is 5.87. The second-order valence-electron chi connectivity index (χ2n) is 4.80. The normalized spacial score (nSPS) is 11.2. The molecule has 2 aromatic rings. The Kier molecular flexibility index (Phi) is 5.32. The Morgan fingerprint density at radius 1 is 1.09 bits per heavy atom. The van der Waals surface area contributed by atoms with E-state index in [0.29, 0.717) is 23.1 Å². The van der Waals surface area contributed by atoms with Crippen LogP contribution in [0.5, 0.6) is 5.75 Å². The maximum absolute atomic E-state index is 12.2. The van der Waals surface area contributed by atoms with Gasteiger partial charge in [0.25, 0.3) is 0 Å². The molecule has 118 valence electrons. The summed E-state index contributed by atoms with van der Waals surface area (Å²) in [6.45, 7) is 2.55. The van der Waals surface area contributed by atoms with Crippen molar-refractivity contribution in [1.29, 1.82) is 0 Å². The van der Waals surface area contributed by atoms with Gasteiger partial charge in [0.15, 0.2) is 0 Å². The van der Waals surface area contributed by atoms with Gasteiger partial charge in [-0.25, -0.2) is 8.42 Å². The van der Waals surface area contributed by atoms with Gasteiger partial charge < -0.3 is 4.74 Å². The molecule has 0 amide bonds. The average molecular weight is 340 g/mol. The van der Waals surface area contributed by atoms with Crippen LogP contribution in [-0.4, -0.2) is 21.3 Å². The predicted octanol–water partition coefficient (Wildman–Crippen LogP) is 3.70. The van der Waals surface area contributed by atoms with Gasteiger partial charge >= 0.3 is 0 Å². The van der Waals surface area contributed by atoms with Crippen LogP contribution in [0.25, 0.3) is 0 Å². The lowest BCUT2D eigenvalue weighted by Crippen LogP contribution is -2.29. The lowest BCUT2D eigenvalue weighted by atomic mass is 10.2. The molecule has 0 spiro atoms. The first-order valence-electron chi connectivity index (χ1n) is 6.86. The molecular formula is C16H18ClNO3S. The summed E-state index contributed by atoms with van der Waals surface area (Å²) in [5.41, 5.74) is 1.38. The molecule has 0 aliphatic rings. The van der Waals surface area contributed by atoms with E-state index in [9.17, 15) is 8.42 Å². The van der Waals surface area contributed by atoms with Crippen LogP contribution in [0.1, 0.15) is 12.5 Å². The van der Waals surface area contributed by atoms with Gasteiger partial charge in [-0.15, -0.1) is 0 Å². The van der Waals surface area contributed by atoms with Gasteiger partial charge in [-0.05, 0) is 36.8 Å². The van der Waals surface area contributed by atoms with Crippen LogP contribution in [0.2, 0.25) is 5.02 Å². The number of benzene rings is 2. The molecule has 0 saturated heterocycles. The standard InChI is InChI=1S/C16H18ClNO3S/c1-3-21-16-7-5-4-6-15(16)18(22(2,19)20)12-13-8-10-14(17)11-9-13/h4-11H,3,12H2,1-2H3. The Labute approximate surface area is 136 Å². The van der Waals surface area contributed by atoms with Crippen LogP contribution in [0, 0.1) is 0 Å². The Balaban J connectivity index is 2.41. The zero-order chi connectivity index (χ0) is 16.2. The van der Waals surface area contributed by atoms with E-state index >= 15 is 0 Å². The van der Waals surface area contributed by atoms with E-state index in [1.54, 1.807) is 30.3 Å². The first-order chi connectivity index (χ1) is 10.4. The molecule has 0 fully saturated rings. The predicted molar refractivity (Wildman–Crippen MR) is 90.1 cm³/mol. The molecule has 0 N–H and O–H groups in total. The van der Waals surface area contributed by atoms with Crippen LogP contribution >= 0.6 is 11.6 Å². The first-order valence-corrected chi connectivity index (χ1v) is 9.08. The van der Waals surface area contributed by atoms with E-state index in [1.165, 1.54) is 10.6 Å². The number of hydrogen-bond donors (Lipinski definition) is 0. The minimum Gasteiger partial charge on any atom is -0.492 e. The number of nitrogens with zero attached hydrogens (tertiary/aromatic N) is 1. The second-order valence-corrected chi connectivity index (χ2v) is 7.14. The highest BCUT2D eigenvalue weighted by molar-refractivity contribution is 7.92. The van der Waals surface area contributed by atoms with Crippen molar-refractivity contribution in [3.8, 4) is 5.75 Å². The van der Waals surface area contributed by atoms with Crippen molar-refractivity contribution < 1.29 is 13.2 Å². The summed E-state index contributed by atoms with van der Waals surface area (Å²) in [4.78, 5) is 0. The molecular weight excluding hydrogens is 322 g/mol. The van der Waals surface area contributed by atoms with Crippen LogP contribution in [0.4, 0.5) is 5.69 Å². The Morgan fingerprint density at radius 3 is 2.32 bits per heavy atom. The van der Waals surface area contributed by atoms with Gasteiger partial charge in [-0.3, -0.25) is 4.31 Å². The second kappa shape index (κ2) is 7.03. The molecule has 0 atom stereocenters. The van der Waals surface area contributed by atoms with Crippen LogP contribution in [0.3, 0.4) is 0 Å². The third-order valence-corrected chi connectivity index (χ3v) is 4.45. The fourth-order valence-electron chi connectivity index (χ4n) is 2.08. The molecule has 6 heteroatoms. The summed E-state index contributed by atoms with van der Waals surface area (Å²) in [5.74, 6) is 0.546. The van der Waals surface area contributed by atoms with Gasteiger partial charge in [0.2, 0.25) is 10.0 Å². The van der Waals surface area contributed by atoms with Gasteiger partial charge in [0.05, 0.1) is 25.1 Å². The van der Waals surface area contributed by atoms with E-state index in [4.69, 9.17) is 16.3 Å². The zero-order valence-electron chi connectivity index (χ0n) is 12.5. The first kappa shape index (κ1) is 16.6. The topological polar surface area (TPSA) is 46.6 Å². The van der Waals surface area contributed by atoms with E-state index in [0.717, 1.165) is 5.56 Å². The third kappa shape index (κ3) is 4.15. The molecule has 0 unspecified atom stereocenters. The highest BCUT2D eigenvalue weighted by Crippen LogP contribution is 2.31. The van der Waals surface area contributed by atoms with Crippen molar-refractivity contribution in [3.63, 3.8) is 0 Å². The van der Waals surface area contributed by atoms with Gasteiger partial charge in [-0.2, -0.15) is 0 Å². The van der Waals surface area contributed by atoms with Gasteiger partial charge in [0.1, 0.15) is 5.75 Å². The van der Waals surface area contributed by atoms with Crippen molar-refractivity contribution in [1.82, 2.24) is 0 Å². The number of rotatable bonds is 6. The van der Waals surface area contributed by atoms with Crippen molar-refractivity contribution in [2.75, 3.05) is 17.2 Å². The van der Waals surface area contributed by atoms with E-state index in [1.807, 2.05) is 25.1 Å². The SMILES string of the molecule is CCOc1ccccc1N(Cc1ccc(Cl)cc1)S(C)(=O)=O. The fourth-order valence-corrected chi connectivity index (χ4v) is 3.10. The maximum atomic E-state index is 12.2. The van der Waals surface area contributed by atoms with Gasteiger partial charge in [0, 0.05) is 5.02 Å². The molecule has 0 aliphatic carbocycles. The molecule has 0 aromatic heterocycles. The van der Waals surface area contributed by atoms with E-state index in [-0.39, 0.29) is 6.54 Å². The number of halogens is 1. The fraction of sp³-hybridized carbons (Fsp3) is 0.250. The number of anilines is 1. The summed E-state index contributed by atoms with van der Waals surface area (Å²) in [5, 5.41) is 0.615. The lowest BCUT2D eigenvalue weighted by Gasteiger charge is -2.24. The summed E-state index contributed by atoms with van der Waals surface area (Å²) in [7, 11) is -3.45. The van der Waals surface area contributed by atoms with Crippen LogP contribution in [0.15, 0.2) is 48.5 Å². The highest BCUT2D eigenvalue weighted by atomic mass is 35.5. The van der Waals surface area contributed by atoms with Crippen molar-refractivity contribution >= 4 is 27.3 Å². The van der Waals surface area contributed by atoms with Crippen molar-refractivity contribution in [2.45, 2.75) is 13.5 Å². The molecule has 0 radical (unpaired) electrons. The van der Waals surface area contributed by atoms with Crippen LogP contribution in [-0.2, 0) is 16.6 Å². The lowest BCUT2D eigenvalue weighted by molar-refractivity contribution is 0.341. The molecule has 0 aliphatic heterocycles. The van der Waals surface area contributed by atoms with Crippen molar-refractivity contribution in [2.24, 2.45) is 0 Å². The quantitative estimate of drug-likeness (QED) is 0.806. The molecule has 0 saturated carbocycles. The maximum Gasteiger partial charge on any atom is 0.232 e.